The second kappa shape index (κ2) is 6.70. The van der Waals surface area contributed by atoms with Crippen LogP contribution in [-0.2, 0) is 4.74 Å². The molecule has 2 aliphatic heterocycles. The van der Waals surface area contributed by atoms with Crippen molar-refractivity contribution in [2.24, 2.45) is 0 Å². The van der Waals surface area contributed by atoms with Crippen molar-refractivity contribution in [1.82, 2.24) is 15.1 Å². The summed E-state index contributed by atoms with van der Waals surface area (Å²) >= 11 is 0. The van der Waals surface area contributed by atoms with Gasteiger partial charge >= 0.3 is 6.09 Å². The fourth-order valence-corrected chi connectivity index (χ4v) is 3.75. The second-order valence-corrected chi connectivity index (χ2v) is 7.21. The van der Waals surface area contributed by atoms with Gasteiger partial charge in [0.25, 0.3) is 11.8 Å². The number of furan rings is 1. The van der Waals surface area contributed by atoms with E-state index in [9.17, 15) is 14.4 Å². The van der Waals surface area contributed by atoms with Crippen molar-refractivity contribution in [1.29, 1.82) is 0 Å². The van der Waals surface area contributed by atoms with Gasteiger partial charge in [0.05, 0.1) is 13.1 Å². The van der Waals surface area contributed by atoms with Crippen LogP contribution in [0.4, 0.5) is 4.79 Å². The molecule has 0 bridgehead atoms. The Kier molecular flexibility index (Phi) is 4.33. The zero-order chi connectivity index (χ0) is 19.9. The zero-order valence-electron chi connectivity index (χ0n) is 15.7. The number of benzene rings is 1. The molecule has 2 saturated heterocycles. The first kappa shape index (κ1) is 18.1. The van der Waals surface area contributed by atoms with Gasteiger partial charge in [-0.1, -0.05) is 12.1 Å². The van der Waals surface area contributed by atoms with Gasteiger partial charge < -0.3 is 24.3 Å². The molecule has 0 radical (unpaired) electrons. The summed E-state index contributed by atoms with van der Waals surface area (Å²) in [6, 6.07) is 10.4. The number of rotatable bonds is 3. The SMILES string of the molecule is CNC(=O)c1ccc(-c2cccc(C(=O)N3CC[C@]4(CN(C)C(=O)O4)C3)c2)o1. The van der Waals surface area contributed by atoms with Gasteiger partial charge in [-0.15, -0.1) is 0 Å². The molecule has 4 rings (SSSR count). The van der Waals surface area contributed by atoms with Crippen molar-refractivity contribution in [3.05, 3.63) is 47.7 Å². The quantitative estimate of drug-likeness (QED) is 0.875. The van der Waals surface area contributed by atoms with Gasteiger partial charge in [-0.3, -0.25) is 9.59 Å². The molecule has 28 heavy (non-hydrogen) atoms. The topological polar surface area (TPSA) is 92.1 Å². The summed E-state index contributed by atoms with van der Waals surface area (Å²) in [6.45, 7) is 1.41. The third-order valence-corrected chi connectivity index (χ3v) is 5.20. The molecule has 0 aliphatic carbocycles. The van der Waals surface area contributed by atoms with E-state index < -0.39 is 5.60 Å². The molecular formula is C20H21N3O5. The maximum atomic E-state index is 13.0. The van der Waals surface area contributed by atoms with Gasteiger partial charge in [0.1, 0.15) is 5.76 Å². The molecule has 1 spiro atoms. The number of nitrogens with one attached hydrogen (secondary N) is 1. The molecule has 146 valence electrons. The highest BCUT2D eigenvalue weighted by Gasteiger charge is 2.49. The van der Waals surface area contributed by atoms with E-state index in [1.54, 1.807) is 42.3 Å². The summed E-state index contributed by atoms with van der Waals surface area (Å²) in [7, 11) is 3.23. The van der Waals surface area contributed by atoms with Crippen LogP contribution < -0.4 is 5.32 Å². The van der Waals surface area contributed by atoms with Crippen molar-refractivity contribution in [3.63, 3.8) is 0 Å². The van der Waals surface area contributed by atoms with Crippen LogP contribution in [-0.4, -0.2) is 67.0 Å². The van der Waals surface area contributed by atoms with Crippen LogP contribution in [0.15, 0.2) is 40.8 Å². The number of amides is 3. The number of hydrogen-bond donors (Lipinski definition) is 1. The average molecular weight is 383 g/mol. The lowest BCUT2D eigenvalue weighted by Gasteiger charge is -2.22. The number of likely N-dealkylation sites (tertiary alicyclic amines) is 1. The predicted molar refractivity (Wildman–Crippen MR) is 99.9 cm³/mol. The van der Waals surface area contributed by atoms with E-state index in [1.165, 1.54) is 11.9 Å². The van der Waals surface area contributed by atoms with Gasteiger partial charge in [-0.05, 0) is 24.3 Å². The molecular weight excluding hydrogens is 362 g/mol. The molecule has 1 N–H and O–H groups in total. The first-order chi connectivity index (χ1) is 13.4. The molecule has 1 aromatic carbocycles. The van der Waals surface area contributed by atoms with Crippen LogP contribution in [0, 0.1) is 0 Å². The van der Waals surface area contributed by atoms with Gasteiger partial charge in [-0.25, -0.2) is 4.79 Å². The minimum absolute atomic E-state index is 0.123. The monoisotopic (exact) mass is 383 g/mol. The zero-order valence-corrected chi connectivity index (χ0v) is 15.7. The molecule has 3 heterocycles. The summed E-state index contributed by atoms with van der Waals surface area (Å²) < 4.78 is 11.1. The number of carbonyl (C=O) groups excluding carboxylic acids is 3. The Morgan fingerprint density at radius 2 is 2.00 bits per heavy atom. The Morgan fingerprint density at radius 3 is 2.71 bits per heavy atom. The summed E-state index contributed by atoms with van der Waals surface area (Å²) in [5.74, 6) is 0.291. The van der Waals surface area contributed by atoms with Crippen molar-refractivity contribution in [3.8, 4) is 11.3 Å². The third-order valence-electron chi connectivity index (χ3n) is 5.20. The lowest BCUT2D eigenvalue weighted by atomic mass is 10.0. The fraction of sp³-hybridized carbons (Fsp3) is 0.350. The maximum Gasteiger partial charge on any atom is 0.410 e. The second-order valence-electron chi connectivity index (χ2n) is 7.21. The Labute approximate surface area is 162 Å². The average Bonchev–Trinajstić information content (AvgIpc) is 3.40. The van der Waals surface area contributed by atoms with Crippen LogP contribution in [0.5, 0.6) is 0 Å². The minimum Gasteiger partial charge on any atom is -0.451 e. The Hall–Kier alpha value is -3.29. The number of likely N-dealkylation sites (N-methyl/N-ethyl adjacent to an activating group) is 1. The van der Waals surface area contributed by atoms with E-state index in [0.29, 0.717) is 42.9 Å². The highest BCUT2D eigenvalue weighted by atomic mass is 16.6. The molecule has 8 nitrogen and oxygen atoms in total. The van der Waals surface area contributed by atoms with E-state index in [-0.39, 0.29) is 23.7 Å². The molecule has 0 unspecified atom stereocenters. The lowest BCUT2D eigenvalue weighted by Crippen LogP contribution is -2.39. The maximum absolute atomic E-state index is 13.0. The van der Waals surface area contributed by atoms with E-state index >= 15 is 0 Å². The smallest absolute Gasteiger partial charge is 0.410 e. The standard InChI is InChI=1S/C20H21N3O5/c1-21-17(24)16-7-6-15(27-16)13-4-3-5-14(10-13)18(25)23-9-8-20(12-23)11-22(2)19(26)28-20/h3-7,10H,8-9,11-12H2,1-2H3,(H,21,24)/t20-/m0/s1. The van der Waals surface area contributed by atoms with Gasteiger partial charge in [0.15, 0.2) is 11.4 Å². The normalized spacial score (nSPS) is 21.3. The number of ether oxygens (including phenoxy) is 1. The van der Waals surface area contributed by atoms with E-state index in [1.807, 2.05) is 6.07 Å². The number of nitrogens with zero attached hydrogens (tertiary/aromatic N) is 2. The van der Waals surface area contributed by atoms with E-state index in [4.69, 9.17) is 9.15 Å². The summed E-state index contributed by atoms with van der Waals surface area (Å²) in [5.41, 5.74) is 0.620. The third kappa shape index (κ3) is 3.11. The Balaban J connectivity index is 1.52. The van der Waals surface area contributed by atoms with Gasteiger partial charge in [0.2, 0.25) is 0 Å². The van der Waals surface area contributed by atoms with E-state index in [0.717, 1.165) is 0 Å². The molecule has 3 amide bonds. The summed E-state index contributed by atoms with van der Waals surface area (Å²) in [4.78, 5) is 39.6. The lowest BCUT2D eigenvalue weighted by molar-refractivity contribution is 0.0553. The molecule has 0 saturated carbocycles. The van der Waals surface area contributed by atoms with Crippen LogP contribution in [0.3, 0.4) is 0 Å². The predicted octanol–water partition coefficient (Wildman–Crippen LogP) is 1.97. The first-order valence-electron chi connectivity index (χ1n) is 9.06. The number of carbonyl (C=O) groups is 3. The molecule has 2 aliphatic rings. The van der Waals surface area contributed by atoms with Crippen LogP contribution >= 0.6 is 0 Å². The summed E-state index contributed by atoms with van der Waals surface area (Å²) in [6.07, 6.45) is 0.281. The van der Waals surface area contributed by atoms with Crippen LogP contribution in [0.25, 0.3) is 11.3 Å². The van der Waals surface area contributed by atoms with Crippen molar-refractivity contribution in [2.45, 2.75) is 12.0 Å². The van der Waals surface area contributed by atoms with E-state index in [2.05, 4.69) is 5.32 Å². The molecule has 2 fully saturated rings. The minimum atomic E-state index is -0.609. The Morgan fingerprint density at radius 1 is 1.18 bits per heavy atom. The van der Waals surface area contributed by atoms with Gasteiger partial charge in [0, 0.05) is 38.2 Å². The van der Waals surface area contributed by atoms with Crippen LogP contribution in [0.2, 0.25) is 0 Å². The largest absolute Gasteiger partial charge is 0.451 e. The van der Waals surface area contributed by atoms with Crippen LogP contribution in [0.1, 0.15) is 27.3 Å². The first-order valence-corrected chi connectivity index (χ1v) is 9.06. The molecule has 1 aromatic heterocycles. The van der Waals surface area contributed by atoms with Crippen molar-refractivity contribution < 1.29 is 23.5 Å². The molecule has 2 aromatic rings. The Bertz CT molecular complexity index is 953. The summed E-state index contributed by atoms with van der Waals surface area (Å²) in [5, 5.41) is 2.51. The molecule has 8 heteroatoms. The van der Waals surface area contributed by atoms with Crippen molar-refractivity contribution >= 4 is 17.9 Å². The van der Waals surface area contributed by atoms with Crippen molar-refractivity contribution in [2.75, 3.05) is 33.7 Å². The van der Waals surface area contributed by atoms with Gasteiger partial charge in [-0.2, -0.15) is 0 Å². The highest BCUT2D eigenvalue weighted by Crippen LogP contribution is 2.33. The fourth-order valence-electron chi connectivity index (χ4n) is 3.75. The number of hydrogen-bond acceptors (Lipinski definition) is 5. The highest BCUT2D eigenvalue weighted by molar-refractivity contribution is 5.96. The molecule has 1 atom stereocenters.